The summed E-state index contributed by atoms with van der Waals surface area (Å²) >= 11 is 0. The summed E-state index contributed by atoms with van der Waals surface area (Å²) in [4.78, 5) is 2.42. The van der Waals surface area contributed by atoms with Gasteiger partial charge in [0.15, 0.2) is 0 Å². The zero-order valence-electron chi connectivity index (χ0n) is 33.0. The van der Waals surface area contributed by atoms with Gasteiger partial charge in [-0.15, -0.1) is 0 Å². The molecule has 0 bridgehead atoms. The van der Waals surface area contributed by atoms with Crippen LogP contribution in [0.15, 0.2) is 237 Å². The lowest BCUT2D eigenvalue weighted by molar-refractivity contribution is 0.771. The third kappa shape index (κ3) is 5.19. The highest BCUT2D eigenvalue weighted by Gasteiger charge is 2.45. The van der Waals surface area contributed by atoms with Crippen LogP contribution in [0.25, 0.3) is 65.3 Å². The van der Waals surface area contributed by atoms with Crippen molar-refractivity contribution in [3.05, 3.63) is 259 Å². The molecule has 0 saturated carbocycles. The molecule has 0 radical (unpaired) electrons. The normalized spacial score (nSPS) is 12.8. The van der Waals surface area contributed by atoms with Crippen molar-refractivity contribution in [3.8, 4) is 22.3 Å². The Morgan fingerprint density at radius 3 is 1.27 bits per heavy atom. The molecule has 0 N–H and O–H groups in total. The molecule has 0 atom stereocenters. The molecule has 0 spiro atoms. The standard InChI is InChI=1S/C59H39N/c1-2-19-46(20-3-1)59(55-27-10-17-44-29-30-45-18-11-28-56(59)58(45)57(44)55)47-21-12-22-50(39-47)60(48-35-31-42(32-36-48)53-25-8-15-40-13-4-6-23-51(40)53)49-37-33-43(34-38-49)54-26-9-16-41-14-5-7-24-52(41)54/h1-39H. The van der Waals surface area contributed by atoms with E-state index in [1.807, 2.05) is 0 Å². The Morgan fingerprint density at radius 2 is 0.717 bits per heavy atom. The molecule has 12 rings (SSSR count). The Hall–Kier alpha value is -7.74. The van der Waals surface area contributed by atoms with Crippen LogP contribution in [-0.2, 0) is 5.41 Å². The highest BCUT2D eigenvalue weighted by molar-refractivity contribution is 6.16. The summed E-state index contributed by atoms with van der Waals surface area (Å²) in [7, 11) is 0. The van der Waals surface area contributed by atoms with Crippen molar-refractivity contribution < 1.29 is 0 Å². The first-order valence-corrected chi connectivity index (χ1v) is 20.8. The van der Waals surface area contributed by atoms with E-state index in [-0.39, 0.29) is 0 Å². The van der Waals surface area contributed by atoms with Gasteiger partial charge in [0.25, 0.3) is 0 Å². The molecule has 1 aliphatic carbocycles. The molecule has 1 heteroatoms. The van der Waals surface area contributed by atoms with Gasteiger partial charge in [0.2, 0.25) is 0 Å². The Labute approximate surface area is 350 Å². The molecule has 0 heterocycles. The summed E-state index contributed by atoms with van der Waals surface area (Å²) in [5.74, 6) is 0. The summed E-state index contributed by atoms with van der Waals surface area (Å²) in [5.41, 5.74) is 12.8. The van der Waals surface area contributed by atoms with Crippen LogP contribution in [0.2, 0.25) is 0 Å². The molecule has 280 valence electrons. The minimum Gasteiger partial charge on any atom is -0.310 e. The van der Waals surface area contributed by atoms with Gasteiger partial charge in [0, 0.05) is 17.1 Å². The summed E-state index contributed by atoms with van der Waals surface area (Å²) in [6.45, 7) is 0. The summed E-state index contributed by atoms with van der Waals surface area (Å²) in [6, 6.07) is 87.4. The highest BCUT2D eigenvalue weighted by atomic mass is 15.1. The molecule has 0 fully saturated rings. The number of benzene rings is 11. The predicted molar refractivity (Wildman–Crippen MR) is 254 cm³/mol. The molecule has 1 nitrogen and oxygen atoms in total. The van der Waals surface area contributed by atoms with Crippen molar-refractivity contribution >= 4 is 60.2 Å². The first kappa shape index (κ1) is 34.3. The average Bonchev–Trinajstić information content (AvgIpc) is 3.64. The van der Waals surface area contributed by atoms with Gasteiger partial charge in [-0.2, -0.15) is 0 Å². The van der Waals surface area contributed by atoms with E-state index in [0.717, 1.165) is 17.1 Å². The smallest absolute Gasteiger partial charge is 0.0714 e. The van der Waals surface area contributed by atoms with Crippen molar-refractivity contribution in [2.24, 2.45) is 0 Å². The van der Waals surface area contributed by atoms with Crippen LogP contribution in [0, 0.1) is 0 Å². The van der Waals surface area contributed by atoms with Gasteiger partial charge in [0.05, 0.1) is 5.41 Å². The minimum absolute atomic E-state index is 0.512. The number of fused-ring (bicyclic) bond motifs is 2. The number of hydrogen-bond acceptors (Lipinski definition) is 1. The number of anilines is 3. The van der Waals surface area contributed by atoms with E-state index >= 15 is 0 Å². The van der Waals surface area contributed by atoms with Gasteiger partial charge < -0.3 is 4.90 Å². The minimum atomic E-state index is -0.512. The van der Waals surface area contributed by atoms with Crippen LogP contribution in [0.3, 0.4) is 0 Å². The van der Waals surface area contributed by atoms with Crippen LogP contribution < -0.4 is 4.90 Å². The fourth-order valence-corrected chi connectivity index (χ4v) is 10.3. The second kappa shape index (κ2) is 13.7. The topological polar surface area (TPSA) is 3.24 Å². The fourth-order valence-electron chi connectivity index (χ4n) is 10.3. The second-order valence-electron chi connectivity index (χ2n) is 16.0. The maximum atomic E-state index is 2.44. The van der Waals surface area contributed by atoms with Gasteiger partial charge in [-0.25, -0.2) is 0 Å². The predicted octanol–water partition coefficient (Wildman–Crippen LogP) is 15.8. The van der Waals surface area contributed by atoms with Gasteiger partial charge in [0.1, 0.15) is 0 Å². The lowest BCUT2D eigenvalue weighted by Crippen LogP contribution is -2.29. The van der Waals surface area contributed by atoms with Crippen LogP contribution in [0.4, 0.5) is 17.1 Å². The molecule has 11 aromatic carbocycles. The zero-order chi connectivity index (χ0) is 39.6. The van der Waals surface area contributed by atoms with Crippen molar-refractivity contribution in [2.75, 3.05) is 4.90 Å². The molecule has 0 aliphatic heterocycles. The molecular formula is C59H39N. The molecule has 0 unspecified atom stereocenters. The first-order valence-electron chi connectivity index (χ1n) is 20.8. The number of nitrogens with zero attached hydrogens (tertiary/aromatic N) is 1. The largest absolute Gasteiger partial charge is 0.310 e. The second-order valence-corrected chi connectivity index (χ2v) is 16.0. The Bertz CT molecular complexity index is 3220. The summed E-state index contributed by atoms with van der Waals surface area (Å²) < 4.78 is 0. The molecule has 0 saturated heterocycles. The van der Waals surface area contributed by atoms with Crippen molar-refractivity contribution in [1.82, 2.24) is 0 Å². The molecule has 0 amide bonds. The van der Waals surface area contributed by atoms with Crippen LogP contribution in [0.5, 0.6) is 0 Å². The van der Waals surface area contributed by atoms with E-state index in [9.17, 15) is 0 Å². The van der Waals surface area contributed by atoms with Gasteiger partial charge in [-0.3, -0.25) is 0 Å². The average molecular weight is 762 g/mol. The third-order valence-electron chi connectivity index (χ3n) is 12.9. The third-order valence-corrected chi connectivity index (χ3v) is 12.9. The van der Waals surface area contributed by atoms with E-state index in [1.165, 1.54) is 87.6 Å². The fraction of sp³-hybridized carbons (Fsp3) is 0.0169. The van der Waals surface area contributed by atoms with Gasteiger partial charge in [-0.1, -0.05) is 200 Å². The SMILES string of the molecule is c1ccc(C2(c3cccc(N(c4ccc(-c5cccc6ccccc56)cc4)c4ccc(-c5cccc6ccccc56)cc4)c3)c3cccc4ccc5cccc2c5c34)cc1. The lowest BCUT2D eigenvalue weighted by atomic mass is 9.67. The first-order chi connectivity index (χ1) is 29.8. The molecule has 0 aromatic heterocycles. The highest BCUT2D eigenvalue weighted by Crippen LogP contribution is 2.56. The maximum absolute atomic E-state index is 2.44. The molecule has 1 aliphatic rings. The zero-order valence-corrected chi connectivity index (χ0v) is 33.0. The lowest BCUT2D eigenvalue weighted by Gasteiger charge is -2.35. The molecule has 60 heavy (non-hydrogen) atoms. The summed E-state index contributed by atoms with van der Waals surface area (Å²) in [5, 5.41) is 10.3. The quantitative estimate of drug-likeness (QED) is 0.146. The van der Waals surface area contributed by atoms with E-state index < -0.39 is 5.41 Å². The van der Waals surface area contributed by atoms with Crippen LogP contribution >= 0.6 is 0 Å². The monoisotopic (exact) mass is 761 g/mol. The van der Waals surface area contributed by atoms with E-state index in [4.69, 9.17) is 0 Å². The van der Waals surface area contributed by atoms with Crippen LogP contribution in [0.1, 0.15) is 22.3 Å². The van der Waals surface area contributed by atoms with Gasteiger partial charge in [-0.05, 0) is 124 Å². The Balaban J connectivity index is 1.05. The van der Waals surface area contributed by atoms with Crippen molar-refractivity contribution in [2.45, 2.75) is 5.41 Å². The van der Waals surface area contributed by atoms with Crippen LogP contribution in [-0.4, -0.2) is 0 Å². The van der Waals surface area contributed by atoms with Gasteiger partial charge >= 0.3 is 0 Å². The maximum Gasteiger partial charge on any atom is 0.0714 e. The van der Waals surface area contributed by atoms with E-state index in [1.54, 1.807) is 0 Å². The Morgan fingerprint density at radius 1 is 0.283 bits per heavy atom. The van der Waals surface area contributed by atoms with E-state index in [0.29, 0.717) is 0 Å². The molecular weight excluding hydrogens is 723 g/mol. The number of rotatable bonds is 7. The summed E-state index contributed by atoms with van der Waals surface area (Å²) in [6.07, 6.45) is 0. The molecule has 11 aromatic rings. The number of hydrogen-bond donors (Lipinski definition) is 0. The van der Waals surface area contributed by atoms with Crippen molar-refractivity contribution in [1.29, 1.82) is 0 Å². The van der Waals surface area contributed by atoms with E-state index in [2.05, 4.69) is 241 Å². The Kier molecular flexibility index (Phi) is 7.83. The van der Waals surface area contributed by atoms with Crippen molar-refractivity contribution in [3.63, 3.8) is 0 Å².